The van der Waals surface area contributed by atoms with E-state index in [1.165, 1.54) is 14.0 Å². The number of carbonyl (C=O) groups is 2. The lowest BCUT2D eigenvalue weighted by molar-refractivity contribution is -0.123. The molecule has 0 radical (unpaired) electrons. The molecule has 1 unspecified atom stereocenters. The molecular weight excluding hydrogens is 344 g/mol. The van der Waals surface area contributed by atoms with Crippen LogP contribution >= 0.6 is 0 Å². The molecular formula is C21H20N2O4. The Morgan fingerprint density at radius 2 is 1.93 bits per heavy atom. The maximum Gasteiger partial charge on any atom is 0.342 e. The summed E-state index contributed by atoms with van der Waals surface area (Å²) in [5.41, 5.74) is 2.56. The van der Waals surface area contributed by atoms with E-state index in [9.17, 15) is 9.59 Å². The number of nitrogens with zero attached hydrogens (tertiary/aromatic N) is 1. The number of nitrogens with one attached hydrogen (secondary N) is 1. The summed E-state index contributed by atoms with van der Waals surface area (Å²) < 4.78 is 10.5. The van der Waals surface area contributed by atoms with Gasteiger partial charge in [0, 0.05) is 11.6 Å². The number of ether oxygens (including phenoxy) is 2. The van der Waals surface area contributed by atoms with Crippen LogP contribution in [0.15, 0.2) is 54.7 Å². The van der Waals surface area contributed by atoms with Gasteiger partial charge in [-0.15, -0.1) is 0 Å². The van der Waals surface area contributed by atoms with Gasteiger partial charge in [-0.1, -0.05) is 17.7 Å². The summed E-state index contributed by atoms with van der Waals surface area (Å²) in [4.78, 5) is 29.2. The first kappa shape index (κ1) is 18.4. The lowest BCUT2D eigenvalue weighted by atomic mass is 10.1. The van der Waals surface area contributed by atoms with Crippen molar-refractivity contribution in [2.75, 3.05) is 12.4 Å². The number of amides is 1. The Morgan fingerprint density at radius 1 is 1.11 bits per heavy atom. The highest BCUT2D eigenvalue weighted by atomic mass is 16.5. The lowest BCUT2D eigenvalue weighted by Crippen LogP contribution is -2.30. The monoisotopic (exact) mass is 364 g/mol. The van der Waals surface area contributed by atoms with Gasteiger partial charge >= 0.3 is 5.97 Å². The third kappa shape index (κ3) is 4.06. The van der Waals surface area contributed by atoms with E-state index in [4.69, 9.17) is 9.47 Å². The van der Waals surface area contributed by atoms with Gasteiger partial charge in [-0.05, 0) is 50.2 Å². The summed E-state index contributed by atoms with van der Waals surface area (Å²) in [6, 6.07) is 14.3. The van der Waals surface area contributed by atoms with Crippen molar-refractivity contribution in [1.82, 2.24) is 4.98 Å². The normalized spacial score (nSPS) is 11.7. The van der Waals surface area contributed by atoms with Crippen molar-refractivity contribution in [3.8, 4) is 5.75 Å². The van der Waals surface area contributed by atoms with Crippen LogP contribution in [0.2, 0.25) is 0 Å². The molecule has 1 aromatic heterocycles. The second-order valence-corrected chi connectivity index (χ2v) is 6.12. The van der Waals surface area contributed by atoms with Crippen LogP contribution in [-0.4, -0.2) is 30.1 Å². The average Bonchev–Trinajstić information content (AvgIpc) is 2.68. The van der Waals surface area contributed by atoms with Crippen LogP contribution in [0.4, 0.5) is 5.69 Å². The van der Waals surface area contributed by atoms with Crippen molar-refractivity contribution < 1.29 is 19.1 Å². The maximum atomic E-state index is 12.5. The summed E-state index contributed by atoms with van der Waals surface area (Å²) in [5.74, 6) is -0.637. The quantitative estimate of drug-likeness (QED) is 0.698. The van der Waals surface area contributed by atoms with Crippen LogP contribution in [0.5, 0.6) is 5.75 Å². The molecule has 3 aromatic rings. The van der Waals surface area contributed by atoms with E-state index in [1.807, 2.05) is 25.1 Å². The smallest absolute Gasteiger partial charge is 0.342 e. The second kappa shape index (κ2) is 7.86. The number of hydrogen-bond acceptors (Lipinski definition) is 5. The first-order valence-electron chi connectivity index (χ1n) is 8.50. The van der Waals surface area contributed by atoms with Crippen molar-refractivity contribution in [3.63, 3.8) is 0 Å². The fourth-order valence-corrected chi connectivity index (χ4v) is 2.71. The molecule has 27 heavy (non-hydrogen) atoms. The van der Waals surface area contributed by atoms with E-state index in [1.54, 1.807) is 36.5 Å². The van der Waals surface area contributed by atoms with Crippen LogP contribution < -0.4 is 10.1 Å². The van der Waals surface area contributed by atoms with Gasteiger partial charge in [0.05, 0.1) is 18.3 Å². The van der Waals surface area contributed by atoms with Crippen molar-refractivity contribution in [2.45, 2.75) is 20.0 Å². The number of aryl methyl sites for hydroxylation is 1. The molecule has 1 N–H and O–H groups in total. The first-order valence-corrected chi connectivity index (χ1v) is 8.50. The van der Waals surface area contributed by atoms with Crippen LogP contribution in [0.1, 0.15) is 22.8 Å². The molecule has 0 aliphatic carbocycles. The molecule has 1 atom stereocenters. The van der Waals surface area contributed by atoms with Gasteiger partial charge in [-0.25, -0.2) is 4.79 Å². The van der Waals surface area contributed by atoms with Crippen LogP contribution in [0, 0.1) is 6.92 Å². The Morgan fingerprint density at radius 3 is 2.70 bits per heavy atom. The van der Waals surface area contributed by atoms with Gasteiger partial charge in [0.2, 0.25) is 0 Å². The molecule has 1 amide bonds. The van der Waals surface area contributed by atoms with E-state index in [0.717, 1.165) is 16.5 Å². The fraction of sp³-hybridized carbons (Fsp3) is 0.190. The van der Waals surface area contributed by atoms with E-state index >= 15 is 0 Å². The SMILES string of the molecule is COc1ccc(C)cc1C(=O)OC(C)C(=O)Nc1cccc2ncccc12. The van der Waals surface area contributed by atoms with Crippen LogP contribution in [-0.2, 0) is 9.53 Å². The number of pyridine rings is 1. The van der Waals surface area contributed by atoms with Crippen molar-refractivity contribution in [1.29, 1.82) is 0 Å². The third-order valence-corrected chi connectivity index (χ3v) is 4.13. The molecule has 3 rings (SSSR count). The standard InChI is InChI=1S/C21H20N2O4/c1-13-9-10-19(26-3)16(12-13)21(25)27-14(2)20(24)23-18-8-4-7-17-15(18)6-5-11-22-17/h4-12,14H,1-3H3,(H,23,24). The Kier molecular flexibility index (Phi) is 5.35. The zero-order valence-corrected chi connectivity index (χ0v) is 15.4. The predicted octanol–water partition coefficient (Wildman–Crippen LogP) is 3.74. The summed E-state index contributed by atoms with van der Waals surface area (Å²) in [5, 5.41) is 3.61. The summed E-state index contributed by atoms with van der Waals surface area (Å²) >= 11 is 0. The number of methoxy groups -OCH3 is 1. The molecule has 2 aromatic carbocycles. The molecule has 6 nitrogen and oxygen atoms in total. The molecule has 0 saturated carbocycles. The van der Waals surface area contributed by atoms with Gasteiger partial charge in [-0.3, -0.25) is 9.78 Å². The van der Waals surface area contributed by atoms with Gasteiger partial charge < -0.3 is 14.8 Å². The topological polar surface area (TPSA) is 77.5 Å². The minimum absolute atomic E-state index is 0.284. The third-order valence-electron chi connectivity index (χ3n) is 4.13. The van der Waals surface area contributed by atoms with Crippen LogP contribution in [0.25, 0.3) is 10.9 Å². The zero-order valence-electron chi connectivity index (χ0n) is 15.4. The Hall–Kier alpha value is -3.41. The van der Waals surface area contributed by atoms with E-state index < -0.39 is 18.0 Å². The summed E-state index contributed by atoms with van der Waals surface area (Å²) in [6.45, 7) is 3.39. The lowest BCUT2D eigenvalue weighted by Gasteiger charge is -2.16. The minimum Gasteiger partial charge on any atom is -0.496 e. The Balaban J connectivity index is 1.74. The molecule has 0 fully saturated rings. The van der Waals surface area contributed by atoms with Gasteiger partial charge in [-0.2, -0.15) is 0 Å². The second-order valence-electron chi connectivity index (χ2n) is 6.12. The highest BCUT2D eigenvalue weighted by molar-refractivity contribution is 6.03. The molecule has 0 saturated heterocycles. The fourth-order valence-electron chi connectivity index (χ4n) is 2.71. The van der Waals surface area contributed by atoms with Gasteiger partial charge in [0.15, 0.2) is 6.10 Å². The number of anilines is 1. The largest absolute Gasteiger partial charge is 0.496 e. The maximum absolute atomic E-state index is 12.5. The van der Waals surface area contributed by atoms with Gasteiger partial charge in [0.25, 0.3) is 5.91 Å². The first-order chi connectivity index (χ1) is 13.0. The highest BCUT2D eigenvalue weighted by Gasteiger charge is 2.22. The number of esters is 1. The number of fused-ring (bicyclic) bond motifs is 1. The molecule has 0 aliphatic heterocycles. The van der Waals surface area contributed by atoms with Crippen molar-refractivity contribution in [3.05, 3.63) is 65.9 Å². The zero-order chi connectivity index (χ0) is 19.4. The molecule has 1 heterocycles. The van der Waals surface area contributed by atoms with E-state index in [0.29, 0.717) is 11.4 Å². The minimum atomic E-state index is -0.977. The van der Waals surface area contributed by atoms with E-state index in [-0.39, 0.29) is 5.56 Å². The predicted molar refractivity (Wildman–Crippen MR) is 103 cm³/mol. The molecule has 138 valence electrons. The molecule has 0 spiro atoms. The van der Waals surface area contributed by atoms with Crippen molar-refractivity contribution >= 4 is 28.5 Å². The van der Waals surface area contributed by atoms with E-state index in [2.05, 4.69) is 10.3 Å². The number of aromatic nitrogens is 1. The molecule has 6 heteroatoms. The Bertz CT molecular complexity index is 995. The number of benzene rings is 2. The van der Waals surface area contributed by atoms with Gasteiger partial charge in [0.1, 0.15) is 11.3 Å². The number of hydrogen-bond donors (Lipinski definition) is 1. The molecule has 0 aliphatic rings. The number of carbonyl (C=O) groups excluding carboxylic acids is 2. The highest BCUT2D eigenvalue weighted by Crippen LogP contribution is 2.23. The average molecular weight is 364 g/mol. The Labute approximate surface area is 157 Å². The van der Waals surface area contributed by atoms with Crippen molar-refractivity contribution in [2.24, 2.45) is 0 Å². The number of rotatable bonds is 5. The van der Waals surface area contributed by atoms with Crippen LogP contribution in [0.3, 0.4) is 0 Å². The molecule has 0 bridgehead atoms. The summed E-state index contributed by atoms with van der Waals surface area (Å²) in [6.07, 6.45) is 0.711. The summed E-state index contributed by atoms with van der Waals surface area (Å²) in [7, 11) is 1.48.